The molecule has 0 atom stereocenters. The summed E-state index contributed by atoms with van der Waals surface area (Å²) < 4.78 is 9.80. The first-order valence-corrected chi connectivity index (χ1v) is 7.27. The second-order valence-corrected chi connectivity index (χ2v) is 5.27. The maximum absolute atomic E-state index is 11.9. The second kappa shape index (κ2) is 9.45. The first kappa shape index (κ1) is 18.5. The van der Waals surface area contributed by atoms with Gasteiger partial charge in [0.1, 0.15) is 12.3 Å². The highest BCUT2D eigenvalue weighted by Gasteiger charge is 2.11. The van der Waals surface area contributed by atoms with Crippen molar-refractivity contribution in [1.82, 2.24) is 10.6 Å². The van der Waals surface area contributed by atoms with E-state index < -0.39 is 11.9 Å². The summed E-state index contributed by atoms with van der Waals surface area (Å²) in [5.74, 6) is -0.615. The third kappa shape index (κ3) is 7.30. The number of carbonyl (C=O) groups excluding carboxylic acids is 3. The molecule has 2 amide bonds. The number of carbonyl (C=O) groups is 3. The van der Waals surface area contributed by atoms with Crippen LogP contribution in [0.4, 0.5) is 0 Å². The van der Waals surface area contributed by atoms with Crippen molar-refractivity contribution in [2.75, 3.05) is 26.8 Å². The highest BCUT2D eigenvalue weighted by Crippen LogP contribution is 2.12. The number of hydrogen-bond donors (Lipinski definition) is 2. The predicted molar refractivity (Wildman–Crippen MR) is 84.1 cm³/mol. The van der Waals surface area contributed by atoms with Gasteiger partial charge in [0.25, 0.3) is 11.8 Å². The van der Waals surface area contributed by atoms with Crippen molar-refractivity contribution in [3.8, 4) is 5.75 Å². The van der Waals surface area contributed by atoms with E-state index in [1.54, 1.807) is 24.3 Å². The zero-order chi connectivity index (χ0) is 17.2. The van der Waals surface area contributed by atoms with Gasteiger partial charge >= 0.3 is 5.97 Å². The van der Waals surface area contributed by atoms with Crippen LogP contribution in [0, 0.1) is 5.92 Å². The molecule has 1 aromatic carbocycles. The monoisotopic (exact) mass is 322 g/mol. The van der Waals surface area contributed by atoms with Crippen LogP contribution in [0.1, 0.15) is 24.2 Å². The van der Waals surface area contributed by atoms with Gasteiger partial charge in [-0.1, -0.05) is 19.9 Å². The summed E-state index contributed by atoms with van der Waals surface area (Å²) in [7, 11) is 1.50. The molecule has 0 bridgehead atoms. The van der Waals surface area contributed by atoms with Crippen LogP contribution in [0.25, 0.3) is 0 Å². The van der Waals surface area contributed by atoms with E-state index >= 15 is 0 Å². The van der Waals surface area contributed by atoms with Crippen molar-refractivity contribution in [3.05, 3.63) is 29.8 Å². The lowest BCUT2D eigenvalue weighted by Crippen LogP contribution is -2.35. The lowest BCUT2D eigenvalue weighted by atomic mass is 10.2. The van der Waals surface area contributed by atoms with Gasteiger partial charge in [-0.05, 0) is 24.1 Å². The molecule has 0 aliphatic carbocycles. The number of rotatable bonds is 8. The molecule has 0 spiro atoms. The molecule has 1 rings (SSSR count). The molecule has 0 aromatic heterocycles. The van der Waals surface area contributed by atoms with Crippen molar-refractivity contribution in [2.45, 2.75) is 13.8 Å². The Morgan fingerprint density at radius 3 is 2.57 bits per heavy atom. The van der Waals surface area contributed by atoms with E-state index in [0.29, 0.717) is 23.8 Å². The Hall–Kier alpha value is -2.57. The Kier molecular flexibility index (Phi) is 7.59. The van der Waals surface area contributed by atoms with Gasteiger partial charge in [-0.25, -0.2) is 0 Å². The molecule has 7 heteroatoms. The molecule has 0 aliphatic heterocycles. The van der Waals surface area contributed by atoms with E-state index in [1.165, 1.54) is 7.11 Å². The third-order valence-electron chi connectivity index (χ3n) is 2.80. The van der Waals surface area contributed by atoms with Crippen LogP contribution in [0.5, 0.6) is 5.75 Å². The summed E-state index contributed by atoms with van der Waals surface area (Å²) in [5.41, 5.74) is 0.367. The molecule has 7 nitrogen and oxygen atoms in total. The Balaban J connectivity index is 2.32. The van der Waals surface area contributed by atoms with E-state index in [-0.39, 0.29) is 19.1 Å². The summed E-state index contributed by atoms with van der Waals surface area (Å²) in [6, 6.07) is 6.54. The van der Waals surface area contributed by atoms with Gasteiger partial charge in [0.2, 0.25) is 0 Å². The molecular formula is C16H22N2O5. The van der Waals surface area contributed by atoms with Crippen molar-refractivity contribution in [2.24, 2.45) is 5.92 Å². The zero-order valence-corrected chi connectivity index (χ0v) is 13.5. The van der Waals surface area contributed by atoms with E-state index in [1.807, 2.05) is 13.8 Å². The average Bonchev–Trinajstić information content (AvgIpc) is 2.55. The lowest BCUT2D eigenvalue weighted by molar-refractivity contribution is -0.147. The van der Waals surface area contributed by atoms with Crippen LogP contribution in [0.15, 0.2) is 24.3 Å². The Morgan fingerprint density at radius 1 is 1.17 bits per heavy atom. The van der Waals surface area contributed by atoms with E-state index in [9.17, 15) is 14.4 Å². The largest absolute Gasteiger partial charge is 0.497 e. The first-order valence-electron chi connectivity index (χ1n) is 7.27. The predicted octanol–water partition coefficient (Wildman–Crippen LogP) is 0.740. The first-order chi connectivity index (χ1) is 10.9. The van der Waals surface area contributed by atoms with Gasteiger partial charge < -0.3 is 20.1 Å². The average molecular weight is 322 g/mol. The summed E-state index contributed by atoms with van der Waals surface area (Å²) in [6.45, 7) is 3.76. The maximum atomic E-state index is 11.9. The van der Waals surface area contributed by atoms with Crippen molar-refractivity contribution < 1.29 is 23.9 Å². The molecule has 0 fully saturated rings. The number of methoxy groups -OCH3 is 1. The molecule has 0 heterocycles. The number of benzene rings is 1. The Bertz CT molecular complexity index is 557. The zero-order valence-electron chi connectivity index (χ0n) is 13.5. The van der Waals surface area contributed by atoms with Crippen LogP contribution < -0.4 is 15.4 Å². The van der Waals surface area contributed by atoms with Crippen LogP contribution >= 0.6 is 0 Å². The molecule has 0 radical (unpaired) electrons. The van der Waals surface area contributed by atoms with Gasteiger partial charge in [0, 0.05) is 12.1 Å². The van der Waals surface area contributed by atoms with Gasteiger partial charge in [0.05, 0.1) is 7.11 Å². The molecule has 2 N–H and O–H groups in total. The van der Waals surface area contributed by atoms with Crippen LogP contribution in [0.3, 0.4) is 0 Å². The van der Waals surface area contributed by atoms with Crippen molar-refractivity contribution in [3.63, 3.8) is 0 Å². The standard InChI is InChI=1S/C16H22N2O5/c1-11(2)8-17-14(19)10-23-15(20)9-18-16(21)12-5-4-6-13(7-12)22-3/h4-7,11H,8-10H2,1-3H3,(H,17,19)(H,18,21). The summed E-state index contributed by atoms with van der Waals surface area (Å²) in [6.07, 6.45) is 0. The molecule has 0 saturated heterocycles. The highest BCUT2D eigenvalue weighted by atomic mass is 16.5. The SMILES string of the molecule is COc1cccc(C(=O)NCC(=O)OCC(=O)NCC(C)C)c1. The number of ether oxygens (including phenoxy) is 2. The minimum atomic E-state index is -0.680. The molecule has 126 valence electrons. The lowest BCUT2D eigenvalue weighted by Gasteiger charge is -2.09. The summed E-state index contributed by atoms with van der Waals surface area (Å²) in [4.78, 5) is 34.8. The molecule has 0 saturated carbocycles. The smallest absolute Gasteiger partial charge is 0.325 e. The Labute approximate surface area is 135 Å². The minimum absolute atomic E-state index is 0.312. The highest BCUT2D eigenvalue weighted by molar-refractivity contribution is 5.96. The third-order valence-corrected chi connectivity index (χ3v) is 2.80. The minimum Gasteiger partial charge on any atom is -0.497 e. The fourth-order valence-corrected chi connectivity index (χ4v) is 1.58. The summed E-state index contributed by atoms with van der Waals surface area (Å²) >= 11 is 0. The second-order valence-electron chi connectivity index (χ2n) is 5.27. The number of nitrogens with one attached hydrogen (secondary N) is 2. The van der Waals surface area contributed by atoms with Crippen LogP contribution in [0.2, 0.25) is 0 Å². The normalized spacial score (nSPS) is 10.1. The van der Waals surface area contributed by atoms with Crippen LogP contribution in [-0.2, 0) is 14.3 Å². The number of hydrogen-bond acceptors (Lipinski definition) is 5. The molecule has 1 aromatic rings. The van der Waals surface area contributed by atoms with E-state index in [2.05, 4.69) is 10.6 Å². The fourth-order valence-electron chi connectivity index (χ4n) is 1.58. The van der Waals surface area contributed by atoms with Gasteiger partial charge in [0.15, 0.2) is 6.61 Å². The number of esters is 1. The van der Waals surface area contributed by atoms with Gasteiger partial charge in [-0.3, -0.25) is 14.4 Å². The quantitative estimate of drug-likeness (QED) is 0.689. The van der Waals surface area contributed by atoms with Gasteiger partial charge in [-0.2, -0.15) is 0 Å². The Morgan fingerprint density at radius 2 is 1.91 bits per heavy atom. The maximum Gasteiger partial charge on any atom is 0.325 e. The molecule has 0 aliphatic rings. The molecule has 0 unspecified atom stereocenters. The molecular weight excluding hydrogens is 300 g/mol. The van der Waals surface area contributed by atoms with E-state index in [4.69, 9.17) is 9.47 Å². The topological polar surface area (TPSA) is 93.7 Å². The van der Waals surface area contributed by atoms with Crippen molar-refractivity contribution in [1.29, 1.82) is 0 Å². The fraction of sp³-hybridized carbons (Fsp3) is 0.438. The van der Waals surface area contributed by atoms with E-state index in [0.717, 1.165) is 0 Å². The van der Waals surface area contributed by atoms with Crippen molar-refractivity contribution >= 4 is 17.8 Å². The molecule has 23 heavy (non-hydrogen) atoms. The summed E-state index contributed by atoms with van der Waals surface area (Å²) in [5, 5.41) is 5.05. The number of amides is 2. The van der Waals surface area contributed by atoms with Gasteiger partial charge in [-0.15, -0.1) is 0 Å². The van der Waals surface area contributed by atoms with Crippen LogP contribution in [-0.4, -0.2) is 44.6 Å².